The molecule has 3 nitrogen and oxygen atoms in total. The van der Waals surface area contributed by atoms with Crippen LogP contribution >= 0.6 is 0 Å². The summed E-state index contributed by atoms with van der Waals surface area (Å²) in [7, 11) is 2.32. The zero-order valence-corrected chi connectivity index (χ0v) is 18.9. The highest BCUT2D eigenvalue weighted by atomic mass is 16.5. The maximum absolute atomic E-state index is 9.74. The van der Waals surface area contributed by atoms with Gasteiger partial charge >= 0.3 is 0 Å². The molecule has 3 aliphatic rings. The van der Waals surface area contributed by atoms with Crippen molar-refractivity contribution in [3.63, 3.8) is 0 Å². The number of rotatable bonds is 13. The number of hydrogen-bond donors (Lipinski definition) is 1. The van der Waals surface area contributed by atoms with Crippen molar-refractivity contribution in [1.29, 1.82) is 0 Å². The van der Waals surface area contributed by atoms with E-state index in [0.717, 1.165) is 31.5 Å². The Morgan fingerprint density at radius 1 is 1.00 bits per heavy atom. The summed E-state index contributed by atoms with van der Waals surface area (Å²) < 4.78 is 6.22. The van der Waals surface area contributed by atoms with E-state index in [-0.39, 0.29) is 5.41 Å². The molecule has 0 saturated heterocycles. The molecule has 0 spiro atoms. The van der Waals surface area contributed by atoms with Crippen LogP contribution in [0.1, 0.15) is 73.1 Å². The molecule has 3 saturated carbocycles. The van der Waals surface area contributed by atoms with Gasteiger partial charge in [-0.05, 0) is 86.6 Å². The highest BCUT2D eigenvalue weighted by molar-refractivity contribution is 5.04. The van der Waals surface area contributed by atoms with Crippen molar-refractivity contribution in [3.05, 3.63) is 0 Å². The molecule has 0 heterocycles. The lowest BCUT2D eigenvalue weighted by atomic mass is 9.88. The van der Waals surface area contributed by atoms with Gasteiger partial charge in [-0.15, -0.1) is 0 Å². The van der Waals surface area contributed by atoms with Gasteiger partial charge in [0.25, 0.3) is 0 Å². The van der Waals surface area contributed by atoms with Crippen LogP contribution in [0.5, 0.6) is 0 Å². The van der Waals surface area contributed by atoms with Crippen molar-refractivity contribution in [2.45, 2.75) is 73.1 Å². The predicted molar refractivity (Wildman–Crippen MR) is 113 cm³/mol. The first-order chi connectivity index (χ1) is 12.7. The van der Waals surface area contributed by atoms with Crippen LogP contribution in [-0.2, 0) is 4.74 Å². The van der Waals surface area contributed by atoms with E-state index in [2.05, 4.69) is 46.6 Å². The molecule has 0 amide bonds. The van der Waals surface area contributed by atoms with Gasteiger partial charge in [0.2, 0.25) is 0 Å². The smallest absolute Gasteiger partial charge is 0.0525 e. The number of ether oxygens (including phenoxy) is 1. The maximum atomic E-state index is 9.74. The van der Waals surface area contributed by atoms with Crippen LogP contribution in [0.15, 0.2) is 0 Å². The van der Waals surface area contributed by atoms with E-state index < -0.39 is 0 Å². The highest BCUT2D eigenvalue weighted by Gasteiger charge is 2.56. The van der Waals surface area contributed by atoms with Crippen molar-refractivity contribution >= 4 is 0 Å². The topological polar surface area (TPSA) is 32.7 Å². The Bertz CT molecular complexity index is 495. The minimum absolute atomic E-state index is 0.153. The summed E-state index contributed by atoms with van der Waals surface area (Å²) >= 11 is 0. The van der Waals surface area contributed by atoms with Crippen LogP contribution in [-0.4, -0.2) is 50.0 Å². The van der Waals surface area contributed by atoms with Crippen molar-refractivity contribution < 1.29 is 9.84 Å². The second kappa shape index (κ2) is 7.95. The molecule has 0 aromatic rings. The lowest BCUT2D eigenvalue weighted by Gasteiger charge is -2.29. The number of aliphatic hydroxyl groups is 1. The first-order valence-corrected chi connectivity index (χ1v) is 11.6. The van der Waals surface area contributed by atoms with Crippen LogP contribution in [0.25, 0.3) is 0 Å². The largest absolute Gasteiger partial charge is 0.396 e. The summed E-state index contributed by atoms with van der Waals surface area (Å²) in [6.07, 6.45) is 7.97. The molecular formula is C24H45NO2. The summed E-state index contributed by atoms with van der Waals surface area (Å²) in [6, 6.07) is 0. The average Bonchev–Trinajstić information content (AvgIpc) is 3.49. The fraction of sp³-hybridized carbons (Fsp3) is 1.00. The van der Waals surface area contributed by atoms with Crippen molar-refractivity contribution in [1.82, 2.24) is 4.90 Å². The molecule has 0 aliphatic heterocycles. The minimum Gasteiger partial charge on any atom is -0.396 e. The second-order valence-corrected chi connectivity index (χ2v) is 11.3. The Balaban J connectivity index is 1.36. The maximum Gasteiger partial charge on any atom is 0.0525 e. The van der Waals surface area contributed by atoms with Gasteiger partial charge in [-0.3, -0.25) is 0 Å². The van der Waals surface area contributed by atoms with E-state index in [1.165, 1.54) is 45.2 Å². The zero-order valence-electron chi connectivity index (χ0n) is 18.9. The second-order valence-electron chi connectivity index (χ2n) is 11.3. The summed E-state index contributed by atoms with van der Waals surface area (Å²) in [4.78, 5) is 2.59. The fourth-order valence-corrected chi connectivity index (χ4v) is 5.47. The molecule has 0 aromatic heterocycles. The highest BCUT2D eigenvalue weighted by Crippen LogP contribution is 2.58. The quantitative estimate of drug-likeness (QED) is 0.497. The molecule has 158 valence electrons. The predicted octanol–water partition coefficient (Wildman–Crippen LogP) is 4.83. The van der Waals surface area contributed by atoms with Gasteiger partial charge in [-0.25, -0.2) is 0 Å². The van der Waals surface area contributed by atoms with Gasteiger partial charge in [-0.2, -0.15) is 0 Å². The van der Waals surface area contributed by atoms with Gasteiger partial charge in [0.05, 0.1) is 13.2 Å². The zero-order chi connectivity index (χ0) is 19.9. The van der Waals surface area contributed by atoms with Crippen molar-refractivity contribution in [2.24, 2.45) is 39.9 Å². The molecule has 3 unspecified atom stereocenters. The molecule has 3 aliphatic carbocycles. The summed E-state index contributed by atoms with van der Waals surface area (Å²) in [5, 5.41) is 9.74. The van der Waals surface area contributed by atoms with Crippen LogP contribution in [0, 0.1) is 39.9 Å². The standard InChI is InChI=1S/C24H45NO2/c1-18(2)22(8-9-22)15-25(6)12-7-20(5)23(10-11-23)17-27-14-21-13-24(21,16-26)19(3)4/h18-21,26H,7-17H2,1-6H3. The monoisotopic (exact) mass is 379 g/mol. The van der Waals surface area contributed by atoms with E-state index in [9.17, 15) is 5.11 Å². The first kappa shape index (κ1) is 21.6. The van der Waals surface area contributed by atoms with Crippen LogP contribution in [0.2, 0.25) is 0 Å². The third kappa shape index (κ3) is 4.56. The lowest BCUT2D eigenvalue weighted by molar-refractivity contribution is 0.0417. The van der Waals surface area contributed by atoms with Crippen LogP contribution in [0.4, 0.5) is 0 Å². The third-order valence-electron chi connectivity index (χ3n) is 9.02. The number of hydrogen-bond acceptors (Lipinski definition) is 3. The molecular weight excluding hydrogens is 334 g/mol. The van der Waals surface area contributed by atoms with Crippen LogP contribution in [0.3, 0.4) is 0 Å². The lowest BCUT2D eigenvalue weighted by Crippen LogP contribution is -2.32. The minimum atomic E-state index is 0.153. The van der Waals surface area contributed by atoms with E-state index in [0.29, 0.717) is 29.3 Å². The van der Waals surface area contributed by atoms with Gasteiger partial charge in [0.15, 0.2) is 0 Å². The SMILES string of the molecule is CC(C)C1(CN(C)CCC(C)C2(COCC3CC3(CO)C(C)C)CC2)CC1. The Morgan fingerprint density at radius 3 is 2.07 bits per heavy atom. The Morgan fingerprint density at radius 2 is 1.63 bits per heavy atom. The van der Waals surface area contributed by atoms with E-state index >= 15 is 0 Å². The Hall–Kier alpha value is -0.120. The fourth-order valence-electron chi connectivity index (χ4n) is 5.47. The normalized spacial score (nSPS) is 31.6. The molecule has 0 radical (unpaired) electrons. The summed E-state index contributed by atoms with van der Waals surface area (Å²) in [5.41, 5.74) is 1.23. The van der Waals surface area contributed by atoms with E-state index in [1.807, 2.05) is 0 Å². The molecule has 3 rings (SSSR count). The molecule has 1 N–H and O–H groups in total. The average molecular weight is 380 g/mol. The number of nitrogens with zero attached hydrogens (tertiary/aromatic N) is 1. The molecule has 3 atom stereocenters. The Kier molecular flexibility index (Phi) is 6.36. The van der Waals surface area contributed by atoms with E-state index in [1.54, 1.807) is 0 Å². The first-order valence-electron chi connectivity index (χ1n) is 11.6. The molecule has 3 fully saturated rings. The molecule has 0 bridgehead atoms. The molecule has 27 heavy (non-hydrogen) atoms. The Labute approximate surface area is 168 Å². The third-order valence-corrected chi connectivity index (χ3v) is 9.02. The van der Waals surface area contributed by atoms with Gasteiger partial charge in [0, 0.05) is 18.6 Å². The summed E-state index contributed by atoms with van der Waals surface area (Å²) in [5.74, 6) is 2.70. The molecule has 3 heteroatoms. The van der Waals surface area contributed by atoms with Crippen LogP contribution < -0.4 is 0 Å². The van der Waals surface area contributed by atoms with E-state index in [4.69, 9.17) is 4.74 Å². The van der Waals surface area contributed by atoms with Gasteiger partial charge in [-0.1, -0.05) is 34.6 Å². The van der Waals surface area contributed by atoms with Crippen molar-refractivity contribution in [2.75, 3.05) is 40.0 Å². The molecule has 0 aromatic carbocycles. The van der Waals surface area contributed by atoms with Gasteiger partial charge in [0.1, 0.15) is 0 Å². The van der Waals surface area contributed by atoms with Gasteiger partial charge < -0.3 is 14.7 Å². The van der Waals surface area contributed by atoms with Crippen molar-refractivity contribution in [3.8, 4) is 0 Å². The number of aliphatic hydroxyl groups excluding tert-OH is 1. The summed E-state index contributed by atoms with van der Waals surface area (Å²) in [6.45, 7) is 16.3.